The smallest absolute Gasteiger partial charge is 0.174 e. The molecule has 2 fully saturated rings. The van der Waals surface area contributed by atoms with Crippen LogP contribution in [-0.4, -0.2) is 41.0 Å². The first-order valence-corrected chi connectivity index (χ1v) is 13.3. The molecule has 2 atom stereocenters. The Hall–Kier alpha value is -3.75. The lowest BCUT2D eigenvalue weighted by atomic mass is 9.96. The van der Waals surface area contributed by atoms with Gasteiger partial charge in [0.15, 0.2) is 5.11 Å². The molecule has 0 saturated carbocycles. The maximum atomic E-state index is 13.8. The molecule has 0 amide bonds. The van der Waals surface area contributed by atoms with Crippen LogP contribution in [0.15, 0.2) is 79.0 Å². The zero-order valence-corrected chi connectivity index (χ0v) is 22.3. The topological polar surface area (TPSA) is 45.6 Å². The molecule has 6 rings (SSSR count). The third-order valence-corrected chi connectivity index (χ3v) is 7.79. The summed E-state index contributed by atoms with van der Waals surface area (Å²) in [7, 11) is 0. The molecule has 2 aliphatic rings. The van der Waals surface area contributed by atoms with E-state index in [9.17, 15) is 4.39 Å². The Labute approximate surface area is 227 Å². The van der Waals surface area contributed by atoms with E-state index in [0.717, 1.165) is 60.3 Å². The maximum absolute atomic E-state index is 13.8. The number of thiocarbonyl (C=S) groups is 1. The van der Waals surface area contributed by atoms with Gasteiger partial charge in [0.05, 0.1) is 31.0 Å². The normalized spacial score (nSPS) is 19.6. The van der Waals surface area contributed by atoms with E-state index in [2.05, 4.69) is 68.8 Å². The minimum absolute atomic E-state index is 0.157. The Morgan fingerprint density at radius 2 is 1.61 bits per heavy atom. The highest BCUT2D eigenvalue weighted by molar-refractivity contribution is 7.80. The monoisotopic (exact) mass is 527 g/mol. The molecule has 38 heavy (non-hydrogen) atoms. The number of anilines is 2. The van der Waals surface area contributed by atoms with E-state index >= 15 is 0 Å². The van der Waals surface area contributed by atoms with Crippen LogP contribution in [0, 0.1) is 19.7 Å². The number of hydrogen-bond donors (Lipinski definition) is 1. The number of rotatable bonds is 5. The fourth-order valence-electron chi connectivity index (χ4n) is 5.67. The van der Waals surface area contributed by atoms with Gasteiger partial charge in [-0.3, -0.25) is 4.98 Å². The average Bonchev–Trinajstić information content (AvgIpc) is 3.45. The molecule has 2 saturated heterocycles. The van der Waals surface area contributed by atoms with E-state index in [-0.39, 0.29) is 17.9 Å². The minimum atomic E-state index is -0.275. The fourth-order valence-corrected chi connectivity index (χ4v) is 6.02. The highest BCUT2D eigenvalue weighted by atomic mass is 32.1. The SMILES string of the molecule is Cc1cc([C@H]2[C@@H](c3ccccn3)NC(=S)N2c2ccc(F)cc2)c(C)n1-c1ccc(N2CCOCC2)cc1. The lowest BCUT2D eigenvalue weighted by Crippen LogP contribution is -2.36. The molecule has 4 aromatic rings. The first-order chi connectivity index (χ1) is 18.5. The van der Waals surface area contributed by atoms with Crippen molar-refractivity contribution in [3.63, 3.8) is 0 Å². The zero-order valence-electron chi connectivity index (χ0n) is 21.5. The van der Waals surface area contributed by atoms with Crippen LogP contribution in [0.2, 0.25) is 0 Å². The summed E-state index contributed by atoms with van der Waals surface area (Å²) in [6, 6.07) is 23.1. The number of halogens is 1. The minimum Gasteiger partial charge on any atom is -0.378 e. The summed E-state index contributed by atoms with van der Waals surface area (Å²) >= 11 is 5.84. The molecule has 8 heteroatoms. The van der Waals surface area contributed by atoms with Crippen LogP contribution in [0.25, 0.3) is 5.69 Å². The predicted molar refractivity (Wildman–Crippen MR) is 153 cm³/mol. The van der Waals surface area contributed by atoms with E-state index in [1.165, 1.54) is 17.8 Å². The molecule has 2 aromatic heterocycles. The number of morpholine rings is 1. The molecule has 0 aliphatic carbocycles. The average molecular weight is 528 g/mol. The Morgan fingerprint density at radius 1 is 0.921 bits per heavy atom. The maximum Gasteiger partial charge on any atom is 0.174 e. The Kier molecular flexibility index (Phi) is 6.59. The Bertz CT molecular complexity index is 1430. The third kappa shape index (κ3) is 4.44. The number of aromatic nitrogens is 2. The quantitative estimate of drug-likeness (QED) is 0.339. The van der Waals surface area contributed by atoms with Crippen molar-refractivity contribution in [3.8, 4) is 5.69 Å². The summed E-state index contributed by atoms with van der Waals surface area (Å²) in [6.45, 7) is 7.63. The van der Waals surface area contributed by atoms with Gasteiger partial charge >= 0.3 is 0 Å². The molecular formula is C30H30FN5OS. The molecule has 194 valence electrons. The summed E-state index contributed by atoms with van der Waals surface area (Å²) in [4.78, 5) is 9.10. The number of benzene rings is 2. The van der Waals surface area contributed by atoms with Crippen LogP contribution in [0.3, 0.4) is 0 Å². The van der Waals surface area contributed by atoms with Gasteiger partial charge < -0.3 is 24.4 Å². The van der Waals surface area contributed by atoms with E-state index in [4.69, 9.17) is 17.0 Å². The van der Waals surface area contributed by atoms with Crippen LogP contribution in [0.1, 0.15) is 34.7 Å². The van der Waals surface area contributed by atoms with Gasteiger partial charge in [-0.2, -0.15) is 0 Å². The summed E-state index contributed by atoms with van der Waals surface area (Å²) < 4.78 is 21.6. The predicted octanol–water partition coefficient (Wildman–Crippen LogP) is 5.64. The molecule has 0 bridgehead atoms. The molecule has 6 nitrogen and oxygen atoms in total. The molecule has 4 heterocycles. The van der Waals surface area contributed by atoms with Gasteiger partial charge in [0, 0.05) is 47.7 Å². The number of hydrogen-bond acceptors (Lipinski definition) is 4. The second-order valence-electron chi connectivity index (χ2n) is 9.75. The van der Waals surface area contributed by atoms with Gasteiger partial charge in [-0.1, -0.05) is 6.07 Å². The van der Waals surface area contributed by atoms with Crippen LogP contribution >= 0.6 is 12.2 Å². The Morgan fingerprint density at radius 3 is 2.29 bits per heavy atom. The van der Waals surface area contributed by atoms with Crippen LogP contribution in [-0.2, 0) is 4.74 Å². The van der Waals surface area contributed by atoms with E-state index < -0.39 is 0 Å². The first kappa shape index (κ1) is 24.6. The van der Waals surface area contributed by atoms with Crippen molar-refractivity contribution < 1.29 is 9.13 Å². The second kappa shape index (κ2) is 10.2. The highest BCUT2D eigenvalue weighted by Gasteiger charge is 2.42. The Balaban J connectivity index is 1.41. The molecule has 1 N–H and O–H groups in total. The van der Waals surface area contributed by atoms with Crippen molar-refractivity contribution >= 4 is 28.7 Å². The van der Waals surface area contributed by atoms with Crippen molar-refractivity contribution in [2.24, 2.45) is 0 Å². The largest absolute Gasteiger partial charge is 0.378 e. The van der Waals surface area contributed by atoms with Gasteiger partial charge in [-0.25, -0.2) is 4.39 Å². The van der Waals surface area contributed by atoms with Crippen LogP contribution in [0.4, 0.5) is 15.8 Å². The number of ether oxygens (including phenoxy) is 1. The molecule has 0 spiro atoms. The number of pyridine rings is 1. The highest BCUT2D eigenvalue weighted by Crippen LogP contribution is 2.43. The first-order valence-electron chi connectivity index (χ1n) is 12.9. The lowest BCUT2D eigenvalue weighted by molar-refractivity contribution is 0.122. The van der Waals surface area contributed by atoms with Crippen LogP contribution in [0.5, 0.6) is 0 Å². The van der Waals surface area contributed by atoms with Gasteiger partial charge in [-0.15, -0.1) is 0 Å². The number of nitrogens with one attached hydrogen (secondary N) is 1. The van der Waals surface area contributed by atoms with Crippen molar-refractivity contribution in [2.45, 2.75) is 25.9 Å². The molecule has 0 unspecified atom stereocenters. The zero-order chi connectivity index (χ0) is 26.2. The summed E-state index contributed by atoms with van der Waals surface area (Å²) in [6.07, 6.45) is 1.80. The van der Waals surface area contributed by atoms with Gasteiger partial charge in [-0.05, 0) is 98.4 Å². The van der Waals surface area contributed by atoms with Crippen molar-refractivity contribution in [3.05, 3.63) is 107 Å². The number of aryl methyl sites for hydroxylation is 1. The van der Waals surface area contributed by atoms with Gasteiger partial charge in [0.25, 0.3) is 0 Å². The van der Waals surface area contributed by atoms with E-state index in [1.54, 1.807) is 18.3 Å². The van der Waals surface area contributed by atoms with Crippen LogP contribution < -0.4 is 15.1 Å². The molecule has 0 radical (unpaired) electrons. The van der Waals surface area contributed by atoms with E-state index in [0.29, 0.717) is 5.11 Å². The molecular weight excluding hydrogens is 497 g/mol. The fraction of sp³-hybridized carbons (Fsp3) is 0.267. The summed E-state index contributed by atoms with van der Waals surface area (Å²) in [5.41, 5.74) is 7.48. The second-order valence-corrected chi connectivity index (χ2v) is 10.1. The standard InChI is InChI=1S/C30H30FN5OS/c1-20-19-26(21(2)35(20)24-12-10-23(11-13-24)34-15-17-37-18-16-34)29-28(27-5-3-4-14-32-27)33-30(38)36(29)25-8-6-22(31)7-9-25/h3-14,19,28-29H,15-18H2,1-2H3,(H,33,38)/t28-,29+/m1/s1. The lowest BCUT2D eigenvalue weighted by Gasteiger charge is -2.29. The summed E-state index contributed by atoms with van der Waals surface area (Å²) in [5.74, 6) is -0.275. The van der Waals surface area contributed by atoms with Gasteiger partial charge in [0.1, 0.15) is 5.82 Å². The number of nitrogens with zero attached hydrogens (tertiary/aromatic N) is 4. The van der Waals surface area contributed by atoms with Crippen molar-refractivity contribution in [2.75, 3.05) is 36.1 Å². The van der Waals surface area contributed by atoms with Crippen molar-refractivity contribution in [1.82, 2.24) is 14.9 Å². The molecule has 2 aromatic carbocycles. The van der Waals surface area contributed by atoms with E-state index in [1.807, 2.05) is 18.2 Å². The third-order valence-electron chi connectivity index (χ3n) is 7.48. The van der Waals surface area contributed by atoms with Gasteiger partial charge in [0.2, 0.25) is 0 Å². The van der Waals surface area contributed by atoms with Crippen molar-refractivity contribution in [1.29, 1.82) is 0 Å². The molecule has 2 aliphatic heterocycles. The summed E-state index contributed by atoms with van der Waals surface area (Å²) in [5, 5.41) is 4.09.